The van der Waals surface area contributed by atoms with E-state index in [-0.39, 0.29) is 0 Å². The molecule has 0 N–H and O–H groups in total. The van der Waals surface area contributed by atoms with Crippen LogP contribution in [0.4, 0.5) is 0 Å². The van der Waals surface area contributed by atoms with Crippen LogP contribution in [0.1, 0.15) is 0 Å². The number of methoxy groups -OCH3 is 2. The number of thioether (sulfide) groups is 1. The van der Waals surface area contributed by atoms with Gasteiger partial charge in [0.15, 0.2) is 0 Å². The van der Waals surface area contributed by atoms with Gasteiger partial charge in [0.25, 0.3) is 0 Å². The Morgan fingerprint density at radius 1 is 0.625 bits per heavy atom. The van der Waals surface area contributed by atoms with Crippen molar-refractivity contribution < 1.29 is 9.47 Å². The van der Waals surface area contributed by atoms with E-state index in [4.69, 9.17) is 9.47 Å². The van der Waals surface area contributed by atoms with Crippen LogP contribution in [0.2, 0.25) is 0 Å². The average Bonchev–Trinajstić information content (AvgIpc) is 2.67. The summed E-state index contributed by atoms with van der Waals surface area (Å²) in [5.74, 6) is 1.74. The minimum Gasteiger partial charge on any atom is -0.497 e. The number of benzene rings is 3. The zero-order valence-electron chi connectivity index (χ0n) is 14.1. The van der Waals surface area contributed by atoms with Crippen LogP contribution in [0.15, 0.2) is 71.6 Å². The minimum absolute atomic E-state index is 0.871. The van der Waals surface area contributed by atoms with E-state index in [1.165, 1.54) is 27.1 Å². The number of hydrogen-bond acceptors (Lipinski definition) is 3. The molecule has 122 valence electrons. The second-order valence-corrected chi connectivity index (χ2v) is 6.16. The molecular formula is C21H20O2S. The molecule has 3 aromatic rings. The number of ether oxygens (including phenoxy) is 2. The Morgan fingerprint density at radius 3 is 1.38 bits per heavy atom. The first kappa shape index (κ1) is 16.5. The zero-order valence-corrected chi connectivity index (χ0v) is 14.9. The lowest BCUT2D eigenvalue weighted by Gasteiger charge is -2.14. The molecule has 3 rings (SSSR count). The van der Waals surface area contributed by atoms with Crippen molar-refractivity contribution >= 4 is 11.8 Å². The van der Waals surface area contributed by atoms with Crippen molar-refractivity contribution in [2.45, 2.75) is 4.90 Å². The molecule has 24 heavy (non-hydrogen) atoms. The molecule has 0 heterocycles. The first-order valence-corrected chi connectivity index (χ1v) is 8.95. The number of hydrogen-bond donors (Lipinski definition) is 0. The largest absolute Gasteiger partial charge is 0.497 e. The molecule has 0 aliphatic heterocycles. The Bertz CT molecular complexity index is 742. The normalized spacial score (nSPS) is 10.5. The lowest BCUT2D eigenvalue weighted by molar-refractivity contribution is 0.415. The van der Waals surface area contributed by atoms with Gasteiger partial charge in [-0.05, 0) is 52.8 Å². The van der Waals surface area contributed by atoms with Crippen molar-refractivity contribution in [3.8, 4) is 33.8 Å². The van der Waals surface area contributed by atoms with Gasteiger partial charge in [0.2, 0.25) is 0 Å². The topological polar surface area (TPSA) is 18.5 Å². The van der Waals surface area contributed by atoms with Gasteiger partial charge in [0.1, 0.15) is 11.5 Å². The highest BCUT2D eigenvalue weighted by atomic mass is 32.2. The van der Waals surface area contributed by atoms with E-state index in [0.29, 0.717) is 0 Å². The summed E-state index contributed by atoms with van der Waals surface area (Å²) in [5, 5.41) is 0. The molecule has 0 atom stereocenters. The molecule has 3 heteroatoms. The molecular weight excluding hydrogens is 316 g/mol. The Morgan fingerprint density at radius 2 is 1.04 bits per heavy atom. The van der Waals surface area contributed by atoms with Gasteiger partial charge >= 0.3 is 0 Å². The molecule has 0 radical (unpaired) electrons. The van der Waals surface area contributed by atoms with Gasteiger partial charge in [0, 0.05) is 4.90 Å². The van der Waals surface area contributed by atoms with Crippen LogP contribution >= 0.6 is 11.8 Å². The van der Waals surface area contributed by atoms with Crippen molar-refractivity contribution in [3.05, 3.63) is 66.7 Å². The lowest BCUT2D eigenvalue weighted by atomic mass is 9.98. The Balaban J connectivity index is 2.07. The molecule has 0 aliphatic carbocycles. The van der Waals surface area contributed by atoms with E-state index in [9.17, 15) is 0 Å². The van der Waals surface area contributed by atoms with Gasteiger partial charge in [-0.15, -0.1) is 11.8 Å². The van der Waals surface area contributed by atoms with E-state index in [1.54, 1.807) is 26.0 Å². The summed E-state index contributed by atoms with van der Waals surface area (Å²) in [6, 6.07) is 22.9. The number of rotatable bonds is 5. The van der Waals surface area contributed by atoms with Crippen molar-refractivity contribution in [2.24, 2.45) is 0 Å². The minimum atomic E-state index is 0.871. The van der Waals surface area contributed by atoms with Crippen molar-refractivity contribution in [3.63, 3.8) is 0 Å². The lowest BCUT2D eigenvalue weighted by Crippen LogP contribution is -1.89. The standard InChI is InChI=1S/C21H20O2S/c1-22-17-11-7-15(8-12-17)19-5-4-6-20(21(19)24-3)16-9-13-18(23-2)14-10-16/h4-14H,1-3H3. The summed E-state index contributed by atoms with van der Waals surface area (Å²) in [6.45, 7) is 0. The van der Waals surface area contributed by atoms with Crippen LogP contribution in [0.5, 0.6) is 11.5 Å². The maximum absolute atomic E-state index is 5.26. The summed E-state index contributed by atoms with van der Waals surface area (Å²) >= 11 is 1.77. The molecule has 0 amide bonds. The van der Waals surface area contributed by atoms with Crippen molar-refractivity contribution in [2.75, 3.05) is 20.5 Å². The van der Waals surface area contributed by atoms with E-state index in [0.717, 1.165) is 11.5 Å². The summed E-state index contributed by atoms with van der Waals surface area (Å²) < 4.78 is 10.5. The van der Waals surface area contributed by atoms with Crippen LogP contribution in [0, 0.1) is 0 Å². The fraction of sp³-hybridized carbons (Fsp3) is 0.143. The highest BCUT2D eigenvalue weighted by molar-refractivity contribution is 7.98. The zero-order chi connectivity index (χ0) is 16.9. The second kappa shape index (κ2) is 7.45. The van der Waals surface area contributed by atoms with Gasteiger partial charge in [-0.2, -0.15) is 0 Å². The Hall–Kier alpha value is -2.39. The monoisotopic (exact) mass is 336 g/mol. The summed E-state index contributed by atoms with van der Waals surface area (Å²) in [6.07, 6.45) is 2.12. The maximum Gasteiger partial charge on any atom is 0.118 e. The maximum atomic E-state index is 5.26. The second-order valence-electron chi connectivity index (χ2n) is 5.34. The van der Waals surface area contributed by atoms with Crippen LogP contribution in [-0.2, 0) is 0 Å². The SMILES string of the molecule is COc1ccc(-c2cccc(-c3ccc(OC)cc3)c2SC)cc1. The predicted octanol–water partition coefficient (Wildman–Crippen LogP) is 5.76. The first-order valence-electron chi connectivity index (χ1n) is 7.72. The average molecular weight is 336 g/mol. The molecule has 0 saturated heterocycles. The molecule has 0 bridgehead atoms. The summed E-state index contributed by atoms with van der Waals surface area (Å²) in [5.41, 5.74) is 4.85. The molecule has 0 spiro atoms. The van der Waals surface area contributed by atoms with Gasteiger partial charge in [0.05, 0.1) is 14.2 Å². The quantitative estimate of drug-likeness (QED) is 0.552. The molecule has 0 aromatic heterocycles. The molecule has 0 saturated carbocycles. The summed E-state index contributed by atoms with van der Waals surface area (Å²) in [4.78, 5) is 1.27. The van der Waals surface area contributed by atoms with Crippen LogP contribution in [-0.4, -0.2) is 20.5 Å². The molecule has 2 nitrogen and oxygen atoms in total. The molecule has 0 aliphatic rings. The van der Waals surface area contributed by atoms with Crippen LogP contribution in [0.25, 0.3) is 22.3 Å². The van der Waals surface area contributed by atoms with Gasteiger partial charge in [-0.3, -0.25) is 0 Å². The van der Waals surface area contributed by atoms with Gasteiger partial charge in [-0.1, -0.05) is 42.5 Å². The Kier molecular flexibility index (Phi) is 5.11. The predicted molar refractivity (Wildman–Crippen MR) is 102 cm³/mol. The Labute approximate surface area is 147 Å². The van der Waals surface area contributed by atoms with Gasteiger partial charge in [-0.25, -0.2) is 0 Å². The molecule has 0 fully saturated rings. The third kappa shape index (κ3) is 3.26. The highest BCUT2D eigenvalue weighted by Crippen LogP contribution is 2.39. The van der Waals surface area contributed by atoms with E-state index in [1.807, 2.05) is 24.3 Å². The van der Waals surface area contributed by atoms with Gasteiger partial charge < -0.3 is 9.47 Å². The van der Waals surface area contributed by atoms with Crippen molar-refractivity contribution in [1.29, 1.82) is 0 Å². The van der Waals surface area contributed by atoms with Crippen molar-refractivity contribution in [1.82, 2.24) is 0 Å². The third-order valence-corrected chi connectivity index (χ3v) is 4.87. The van der Waals surface area contributed by atoms with Crippen LogP contribution < -0.4 is 9.47 Å². The molecule has 0 unspecified atom stereocenters. The molecule has 3 aromatic carbocycles. The van der Waals surface area contributed by atoms with Crippen LogP contribution in [0.3, 0.4) is 0 Å². The fourth-order valence-electron chi connectivity index (χ4n) is 2.75. The highest BCUT2D eigenvalue weighted by Gasteiger charge is 2.11. The van der Waals surface area contributed by atoms with E-state index < -0.39 is 0 Å². The van der Waals surface area contributed by atoms with E-state index >= 15 is 0 Å². The smallest absolute Gasteiger partial charge is 0.118 e. The van der Waals surface area contributed by atoms with E-state index in [2.05, 4.69) is 48.7 Å². The summed E-state index contributed by atoms with van der Waals surface area (Å²) in [7, 11) is 3.37. The third-order valence-electron chi connectivity index (χ3n) is 4.02. The fourth-order valence-corrected chi connectivity index (χ4v) is 3.56. The first-order chi connectivity index (χ1) is 11.8.